The summed E-state index contributed by atoms with van der Waals surface area (Å²) in [6.45, 7) is 6.20. The maximum absolute atomic E-state index is 10.9. The van der Waals surface area contributed by atoms with Gasteiger partial charge in [-0.1, -0.05) is 36.8 Å². The molecule has 0 aliphatic rings. The molecular formula is C17H20N2O2. The zero-order chi connectivity index (χ0) is 15.4. The van der Waals surface area contributed by atoms with Gasteiger partial charge in [-0.05, 0) is 37.5 Å². The van der Waals surface area contributed by atoms with Crippen molar-refractivity contribution < 1.29 is 4.92 Å². The molecule has 0 saturated heterocycles. The monoisotopic (exact) mass is 284 g/mol. The summed E-state index contributed by atoms with van der Waals surface area (Å²) in [7, 11) is 0. The molecule has 21 heavy (non-hydrogen) atoms. The molecule has 0 aromatic heterocycles. The van der Waals surface area contributed by atoms with E-state index in [0.29, 0.717) is 0 Å². The van der Waals surface area contributed by atoms with Gasteiger partial charge < -0.3 is 5.32 Å². The van der Waals surface area contributed by atoms with Gasteiger partial charge in [0.2, 0.25) is 0 Å². The molecule has 0 fully saturated rings. The summed E-state index contributed by atoms with van der Waals surface area (Å²) in [5.74, 6) is 0. The second-order valence-electron chi connectivity index (χ2n) is 5.28. The molecule has 0 bridgehead atoms. The largest absolute Gasteiger partial charge is 0.378 e. The molecule has 1 unspecified atom stereocenters. The third-order valence-corrected chi connectivity index (χ3v) is 3.60. The molecule has 4 heteroatoms. The topological polar surface area (TPSA) is 55.2 Å². The first-order valence-corrected chi connectivity index (χ1v) is 7.09. The van der Waals surface area contributed by atoms with Gasteiger partial charge in [-0.25, -0.2) is 0 Å². The number of benzene rings is 2. The van der Waals surface area contributed by atoms with Crippen molar-refractivity contribution in [3.05, 3.63) is 69.3 Å². The van der Waals surface area contributed by atoms with Crippen LogP contribution in [-0.4, -0.2) is 4.92 Å². The maximum atomic E-state index is 10.9. The van der Waals surface area contributed by atoms with Crippen LogP contribution in [0.4, 0.5) is 11.4 Å². The predicted octanol–water partition coefficient (Wildman–Crippen LogP) is 4.77. The van der Waals surface area contributed by atoms with Crippen LogP contribution in [0, 0.1) is 24.0 Å². The highest BCUT2D eigenvalue weighted by molar-refractivity contribution is 5.53. The maximum Gasteiger partial charge on any atom is 0.269 e. The number of nitro groups is 1. The van der Waals surface area contributed by atoms with E-state index in [9.17, 15) is 10.1 Å². The van der Waals surface area contributed by atoms with Crippen LogP contribution in [-0.2, 0) is 0 Å². The van der Waals surface area contributed by atoms with Crippen molar-refractivity contribution in [2.45, 2.75) is 33.2 Å². The van der Waals surface area contributed by atoms with Gasteiger partial charge in [0.25, 0.3) is 5.69 Å². The first-order valence-electron chi connectivity index (χ1n) is 7.09. The molecule has 1 atom stereocenters. The quantitative estimate of drug-likeness (QED) is 0.635. The first-order chi connectivity index (χ1) is 10.0. The fraction of sp³-hybridized carbons (Fsp3) is 0.294. The third kappa shape index (κ3) is 3.60. The lowest BCUT2D eigenvalue weighted by Crippen LogP contribution is -2.11. The molecule has 0 aliphatic heterocycles. The van der Waals surface area contributed by atoms with Crippen molar-refractivity contribution in [1.82, 2.24) is 0 Å². The van der Waals surface area contributed by atoms with Crippen LogP contribution in [0.5, 0.6) is 0 Å². The van der Waals surface area contributed by atoms with E-state index in [1.807, 2.05) is 6.07 Å². The van der Waals surface area contributed by atoms with Gasteiger partial charge in [0.15, 0.2) is 0 Å². The van der Waals surface area contributed by atoms with Crippen molar-refractivity contribution >= 4 is 11.4 Å². The standard InChI is InChI=1S/C17H20N2O2/c1-4-16(14-6-5-7-15(11-14)19(20)21)18-17-9-8-12(2)10-13(17)3/h5-11,16,18H,4H2,1-3H3. The molecule has 0 saturated carbocycles. The average molecular weight is 284 g/mol. The van der Waals surface area contributed by atoms with Crippen LogP contribution in [0.3, 0.4) is 0 Å². The number of nitrogens with one attached hydrogen (secondary N) is 1. The van der Waals surface area contributed by atoms with E-state index in [2.05, 4.69) is 44.3 Å². The Balaban J connectivity index is 2.27. The van der Waals surface area contributed by atoms with Crippen LogP contribution in [0.1, 0.15) is 36.1 Å². The highest BCUT2D eigenvalue weighted by Crippen LogP contribution is 2.27. The lowest BCUT2D eigenvalue weighted by atomic mass is 10.0. The summed E-state index contributed by atoms with van der Waals surface area (Å²) in [6, 6.07) is 13.1. The normalized spacial score (nSPS) is 12.0. The summed E-state index contributed by atoms with van der Waals surface area (Å²) in [5, 5.41) is 14.4. The van der Waals surface area contributed by atoms with Crippen LogP contribution >= 0.6 is 0 Å². The number of nitrogens with zero attached hydrogens (tertiary/aromatic N) is 1. The number of anilines is 1. The van der Waals surface area contributed by atoms with Gasteiger partial charge in [0.05, 0.1) is 11.0 Å². The van der Waals surface area contributed by atoms with Crippen molar-refractivity contribution in [3.8, 4) is 0 Å². The number of hydrogen-bond acceptors (Lipinski definition) is 3. The molecule has 0 aliphatic carbocycles. The summed E-state index contributed by atoms with van der Waals surface area (Å²) < 4.78 is 0. The van der Waals surface area contributed by atoms with E-state index >= 15 is 0 Å². The minimum atomic E-state index is -0.354. The van der Waals surface area contributed by atoms with Gasteiger partial charge in [-0.15, -0.1) is 0 Å². The Labute approximate surface area is 125 Å². The highest BCUT2D eigenvalue weighted by Gasteiger charge is 2.14. The van der Waals surface area contributed by atoms with Gasteiger partial charge >= 0.3 is 0 Å². The van der Waals surface area contributed by atoms with E-state index in [1.54, 1.807) is 12.1 Å². The number of nitro benzene ring substituents is 1. The SMILES string of the molecule is CCC(Nc1ccc(C)cc1C)c1cccc([N+](=O)[O-])c1. The minimum Gasteiger partial charge on any atom is -0.378 e. The van der Waals surface area contributed by atoms with E-state index in [4.69, 9.17) is 0 Å². The minimum absolute atomic E-state index is 0.0614. The summed E-state index contributed by atoms with van der Waals surface area (Å²) >= 11 is 0. The van der Waals surface area contributed by atoms with E-state index < -0.39 is 0 Å². The smallest absolute Gasteiger partial charge is 0.269 e. The molecule has 110 valence electrons. The predicted molar refractivity (Wildman–Crippen MR) is 85.7 cm³/mol. The zero-order valence-corrected chi connectivity index (χ0v) is 12.6. The second kappa shape index (κ2) is 6.39. The number of aryl methyl sites for hydroxylation is 2. The van der Waals surface area contributed by atoms with Gasteiger partial charge in [0.1, 0.15) is 0 Å². The Morgan fingerprint density at radius 1 is 1.19 bits per heavy atom. The van der Waals surface area contributed by atoms with E-state index in [1.165, 1.54) is 17.2 Å². The molecule has 0 amide bonds. The number of rotatable bonds is 5. The van der Waals surface area contributed by atoms with E-state index in [0.717, 1.165) is 17.7 Å². The molecule has 0 heterocycles. The summed E-state index contributed by atoms with van der Waals surface area (Å²) in [4.78, 5) is 10.5. The lowest BCUT2D eigenvalue weighted by molar-refractivity contribution is -0.384. The zero-order valence-electron chi connectivity index (χ0n) is 12.6. The molecule has 1 N–H and O–H groups in total. The van der Waals surface area contributed by atoms with Gasteiger partial charge in [0, 0.05) is 17.8 Å². The third-order valence-electron chi connectivity index (χ3n) is 3.60. The van der Waals surface area contributed by atoms with Crippen LogP contribution < -0.4 is 5.32 Å². The molecule has 0 radical (unpaired) electrons. The Morgan fingerprint density at radius 3 is 2.57 bits per heavy atom. The fourth-order valence-corrected chi connectivity index (χ4v) is 2.44. The Kier molecular flexibility index (Phi) is 4.58. The van der Waals surface area contributed by atoms with Crippen LogP contribution in [0.25, 0.3) is 0 Å². The summed E-state index contributed by atoms with van der Waals surface area (Å²) in [5.41, 5.74) is 4.54. The van der Waals surface area contributed by atoms with Crippen LogP contribution in [0.15, 0.2) is 42.5 Å². The van der Waals surface area contributed by atoms with Crippen molar-refractivity contribution in [1.29, 1.82) is 0 Å². The molecule has 4 nitrogen and oxygen atoms in total. The number of non-ortho nitro benzene ring substituents is 1. The van der Waals surface area contributed by atoms with Crippen molar-refractivity contribution in [2.75, 3.05) is 5.32 Å². The highest BCUT2D eigenvalue weighted by atomic mass is 16.6. The lowest BCUT2D eigenvalue weighted by Gasteiger charge is -2.20. The molecule has 2 aromatic rings. The molecule has 2 rings (SSSR count). The van der Waals surface area contributed by atoms with Gasteiger partial charge in [-0.2, -0.15) is 0 Å². The molecule has 0 spiro atoms. The average Bonchev–Trinajstić information content (AvgIpc) is 2.46. The molecule has 2 aromatic carbocycles. The van der Waals surface area contributed by atoms with Crippen LogP contribution in [0.2, 0.25) is 0 Å². The van der Waals surface area contributed by atoms with Crippen molar-refractivity contribution in [2.24, 2.45) is 0 Å². The van der Waals surface area contributed by atoms with Crippen molar-refractivity contribution in [3.63, 3.8) is 0 Å². The Bertz CT molecular complexity index is 653. The molecular weight excluding hydrogens is 264 g/mol. The Morgan fingerprint density at radius 2 is 1.95 bits per heavy atom. The summed E-state index contributed by atoms with van der Waals surface area (Å²) in [6.07, 6.45) is 0.856. The Hall–Kier alpha value is -2.36. The van der Waals surface area contributed by atoms with E-state index in [-0.39, 0.29) is 16.7 Å². The second-order valence-corrected chi connectivity index (χ2v) is 5.28. The fourth-order valence-electron chi connectivity index (χ4n) is 2.44. The van der Waals surface area contributed by atoms with Gasteiger partial charge in [-0.3, -0.25) is 10.1 Å². The number of hydrogen-bond donors (Lipinski definition) is 1. The first kappa shape index (κ1) is 15.0.